The van der Waals surface area contributed by atoms with Crippen molar-refractivity contribution in [2.75, 3.05) is 0 Å². The van der Waals surface area contributed by atoms with E-state index < -0.39 is 0 Å². The summed E-state index contributed by atoms with van der Waals surface area (Å²) in [6.07, 6.45) is 10.5. The maximum Gasteiger partial charge on any atom is 0.155 e. The van der Waals surface area contributed by atoms with E-state index in [1.165, 1.54) is 24.5 Å². The summed E-state index contributed by atoms with van der Waals surface area (Å²) in [5, 5.41) is 5.60. The molecule has 0 unspecified atom stereocenters. The second kappa shape index (κ2) is 4.66. The molecular weight excluding hydrogens is 202 g/mol. The van der Waals surface area contributed by atoms with Gasteiger partial charge >= 0.3 is 0 Å². The van der Waals surface area contributed by atoms with Crippen molar-refractivity contribution in [2.24, 2.45) is 5.10 Å². The molecule has 0 atom stereocenters. The Hall–Kier alpha value is -0.740. The molecule has 0 saturated heterocycles. The highest BCUT2D eigenvalue weighted by Crippen LogP contribution is 2.21. The number of hydrogen-bond donors (Lipinski definition) is 1. The molecule has 0 bridgehead atoms. The topological polar surface area (TPSA) is 36.9 Å². The third-order valence-electron chi connectivity index (χ3n) is 2.34. The van der Waals surface area contributed by atoms with Crippen LogP contribution in [0.5, 0.6) is 0 Å². The van der Waals surface area contributed by atoms with Crippen molar-refractivity contribution in [3.05, 3.63) is 12.3 Å². The van der Waals surface area contributed by atoms with Gasteiger partial charge in [0.1, 0.15) is 0 Å². The van der Waals surface area contributed by atoms with E-state index in [-0.39, 0.29) is 6.10 Å². The Labute approximate surface area is 88.5 Å². The summed E-state index contributed by atoms with van der Waals surface area (Å²) in [6, 6.07) is 0. The summed E-state index contributed by atoms with van der Waals surface area (Å²) in [5.74, 6) is 0. The zero-order chi connectivity index (χ0) is 9.80. The molecule has 1 heterocycles. The second-order valence-corrected chi connectivity index (χ2v) is 3.85. The van der Waals surface area contributed by atoms with Crippen LogP contribution in [0.3, 0.4) is 0 Å². The van der Waals surface area contributed by atoms with E-state index in [1.54, 1.807) is 6.08 Å². The lowest BCUT2D eigenvalue weighted by atomic mass is 9.98. The lowest BCUT2D eigenvalue weighted by Gasteiger charge is -2.27. The van der Waals surface area contributed by atoms with Crippen molar-refractivity contribution in [2.45, 2.75) is 38.2 Å². The lowest BCUT2D eigenvalue weighted by Crippen LogP contribution is -2.37. The van der Waals surface area contributed by atoms with Crippen LogP contribution in [0, 0.1) is 6.20 Å². The zero-order valence-corrected chi connectivity index (χ0v) is 8.63. The average molecular weight is 215 g/mol. The van der Waals surface area contributed by atoms with E-state index in [0.29, 0.717) is 5.17 Å². The summed E-state index contributed by atoms with van der Waals surface area (Å²) in [4.78, 5) is 5.57. The van der Waals surface area contributed by atoms with Gasteiger partial charge in [0.25, 0.3) is 0 Å². The van der Waals surface area contributed by atoms with Crippen LogP contribution < -0.4 is 5.43 Å². The van der Waals surface area contributed by atoms with Crippen LogP contribution in [-0.4, -0.2) is 16.6 Å². The maximum atomic E-state index is 5.70. The van der Waals surface area contributed by atoms with E-state index in [9.17, 15) is 0 Å². The highest BCUT2D eigenvalue weighted by molar-refractivity contribution is 6.68. The molecule has 1 aliphatic heterocycles. The molecule has 14 heavy (non-hydrogen) atoms. The van der Waals surface area contributed by atoms with Gasteiger partial charge in [-0.25, -0.2) is 4.84 Å². The quantitative estimate of drug-likeness (QED) is 0.764. The monoisotopic (exact) mass is 214 g/mol. The van der Waals surface area contributed by atoms with Crippen molar-refractivity contribution >= 4 is 16.8 Å². The number of hydrogen-bond acceptors (Lipinski definition) is 4. The Morgan fingerprint density at radius 2 is 2.29 bits per heavy atom. The van der Waals surface area contributed by atoms with E-state index in [4.69, 9.17) is 16.4 Å². The first-order valence-corrected chi connectivity index (χ1v) is 5.28. The fourth-order valence-corrected chi connectivity index (χ4v) is 1.77. The van der Waals surface area contributed by atoms with Gasteiger partial charge < -0.3 is 0 Å². The van der Waals surface area contributed by atoms with Gasteiger partial charge in [-0.1, -0.05) is 36.1 Å². The molecule has 77 valence electrons. The molecule has 0 amide bonds. The molecular formula is C9H13ClN3O. The molecule has 1 N–H and O–H groups in total. The van der Waals surface area contributed by atoms with Gasteiger partial charge in [0.15, 0.2) is 5.17 Å². The molecule has 1 fully saturated rings. The van der Waals surface area contributed by atoms with E-state index in [1.807, 2.05) is 0 Å². The van der Waals surface area contributed by atoms with Crippen molar-refractivity contribution in [1.29, 1.82) is 0 Å². The normalized spacial score (nSPS) is 23.2. The van der Waals surface area contributed by atoms with Crippen LogP contribution in [0.15, 0.2) is 11.2 Å². The predicted molar refractivity (Wildman–Crippen MR) is 54.0 cm³/mol. The highest BCUT2D eigenvalue weighted by atomic mass is 35.5. The van der Waals surface area contributed by atoms with Crippen molar-refractivity contribution < 1.29 is 4.84 Å². The summed E-state index contributed by atoms with van der Waals surface area (Å²) in [5.41, 5.74) is 2.73. The first-order valence-electron chi connectivity index (χ1n) is 4.90. The van der Waals surface area contributed by atoms with Gasteiger partial charge in [0.2, 0.25) is 0 Å². The molecule has 4 nitrogen and oxygen atoms in total. The molecule has 1 radical (unpaired) electrons. The molecule has 1 aliphatic carbocycles. The molecule has 0 aromatic carbocycles. The minimum absolute atomic E-state index is 0.254. The Balaban J connectivity index is 1.82. The van der Waals surface area contributed by atoms with Gasteiger partial charge in [0.05, 0.1) is 12.3 Å². The van der Waals surface area contributed by atoms with Crippen molar-refractivity contribution in [3.63, 3.8) is 0 Å². The van der Waals surface area contributed by atoms with E-state index in [2.05, 4.69) is 16.7 Å². The van der Waals surface area contributed by atoms with Crippen molar-refractivity contribution in [3.8, 4) is 0 Å². The summed E-state index contributed by atoms with van der Waals surface area (Å²) in [6.45, 7) is 0. The Kier molecular flexibility index (Phi) is 3.26. The Bertz CT molecular complexity index is 248. The number of halogens is 1. The second-order valence-electron chi connectivity index (χ2n) is 3.46. The van der Waals surface area contributed by atoms with Crippen LogP contribution in [-0.2, 0) is 4.84 Å². The van der Waals surface area contributed by atoms with Crippen molar-refractivity contribution in [1.82, 2.24) is 10.7 Å². The number of hydrazone groups is 1. The SMILES string of the molecule is ClC1=NN(OC2CCCCC2)N[C]=C1. The fraction of sp³-hybridized carbons (Fsp3) is 0.667. The van der Waals surface area contributed by atoms with Gasteiger partial charge in [0, 0.05) is 6.08 Å². The number of hydrazine groups is 1. The van der Waals surface area contributed by atoms with Crippen LogP contribution in [0.1, 0.15) is 32.1 Å². The van der Waals surface area contributed by atoms with Crippen LogP contribution in [0.2, 0.25) is 0 Å². The minimum atomic E-state index is 0.254. The van der Waals surface area contributed by atoms with E-state index >= 15 is 0 Å². The maximum absolute atomic E-state index is 5.70. The number of rotatable bonds is 2. The largest absolute Gasteiger partial charge is 0.255 e. The molecule has 0 aromatic heterocycles. The average Bonchev–Trinajstić information content (AvgIpc) is 2.19. The number of nitrogens with zero attached hydrogens (tertiary/aromatic N) is 2. The highest BCUT2D eigenvalue weighted by Gasteiger charge is 2.18. The Morgan fingerprint density at radius 1 is 1.50 bits per heavy atom. The molecule has 2 rings (SSSR count). The van der Waals surface area contributed by atoms with Gasteiger partial charge in [-0.05, 0) is 12.8 Å². The first kappa shape index (κ1) is 9.80. The molecule has 2 aliphatic rings. The molecule has 0 spiro atoms. The fourth-order valence-electron chi connectivity index (χ4n) is 1.65. The van der Waals surface area contributed by atoms with Gasteiger partial charge in [-0.3, -0.25) is 5.43 Å². The van der Waals surface area contributed by atoms with E-state index in [0.717, 1.165) is 12.8 Å². The van der Waals surface area contributed by atoms with Gasteiger partial charge in [-0.15, -0.1) is 5.10 Å². The van der Waals surface area contributed by atoms with Gasteiger partial charge in [-0.2, -0.15) is 0 Å². The smallest absolute Gasteiger partial charge is 0.155 e. The zero-order valence-electron chi connectivity index (χ0n) is 7.87. The van der Waals surface area contributed by atoms with Crippen LogP contribution >= 0.6 is 11.6 Å². The third kappa shape index (κ3) is 2.62. The number of nitrogens with one attached hydrogen (secondary N) is 1. The first-order chi connectivity index (χ1) is 6.84. The number of allylic oxidation sites excluding steroid dienone is 1. The lowest BCUT2D eigenvalue weighted by molar-refractivity contribution is -0.230. The molecule has 1 saturated carbocycles. The standard InChI is InChI=1S/C9H13ClN3O/c10-9-6-7-11-13(12-9)14-8-4-2-1-3-5-8/h6,8,11H,1-5H2. The minimum Gasteiger partial charge on any atom is -0.255 e. The third-order valence-corrected chi connectivity index (χ3v) is 2.52. The molecule has 0 aromatic rings. The van der Waals surface area contributed by atoms with Crippen LogP contribution in [0.25, 0.3) is 0 Å². The summed E-state index contributed by atoms with van der Waals surface area (Å²) in [7, 11) is 0. The summed E-state index contributed by atoms with van der Waals surface area (Å²) < 4.78 is 0. The Morgan fingerprint density at radius 3 is 3.00 bits per heavy atom. The summed E-state index contributed by atoms with van der Waals surface area (Å²) >= 11 is 5.70. The predicted octanol–water partition coefficient (Wildman–Crippen LogP) is 1.94. The van der Waals surface area contributed by atoms with Crippen LogP contribution in [0.4, 0.5) is 0 Å². The molecule has 5 heteroatoms.